The van der Waals surface area contributed by atoms with E-state index in [0.717, 1.165) is 38.5 Å². The predicted octanol–water partition coefficient (Wildman–Crippen LogP) is 2.88. The van der Waals surface area contributed by atoms with Crippen molar-refractivity contribution in [1.29, 1.82) is 0 Å². The van der Waals surface area contributed by atoms with E-state index in [9.17, 15) is 10.2 Å². The topological polar surface area (TPSA) is 40.5 Å². The Balaban J connectivity index is 3.71. The highest BCUT2D eigenvalue weighted by Gasteiger charge is 2.04. The monoisotopic (exact) mass is 250 g/mol. The first-order chi connectivity index (χ1) is 8.70. The zero-order chi connectivity index (χ0) is 13.6. The number of aliphatic hydroxyl groups excluding tert-OH is 2. The molecule has 0 aliphatic heterocycles. The summed E-state index contributed by atoms with van der Waals surface area (Å²) in [6.45, 7) is 4.23. The molecule has 0 saturated heterocycles. The number of aliphatic hydroxyl groups is 2. The van der Waals surface area contributed by atoms with Gasteiger partial charge in [0, 0.05) is 12.8 Å². The molecule has 2 N–H and O–H groups in total. The van der Waals surface area contributed by atoms with Crippen molar-refractivity contribution in [2.24, 2.45) is 0 Å². The van der Waals surface area contributed by atoms with Gasteiger partial charge in [-0.1, -0.05) is 38.5 Å². The Bertz CT molecular complexity index is 269. The third-order valence-electron chi connectivity index (χ3n) is 2.56. The molecular weight excluding hydrogens is 224 g/mol. The van der Waals surface area contributed by atoms with Gasteiger partial charge in [-0.25, -0.2) is 0 Å². The lowest BCUT2D eigenvalue weighted by molar-refractivity contribution is 0.172. The highest BCUT2D eigenvalue weighted by Crippen LogP contribution is 2.01. The van der Waals surface area contributed by atoms with Gasteiger partial charge >= 0.3 is 0 Å². The van der Waals surface area contributed by atoms with Gasteiger partial charge in [0.15, 0.2) is 0 Å². The highest BCUT2D eigenvalue weighted by molar-refractivity contribution is 5.07. The summed E-state index contributed by atoms with van der Waals surface area (Å²) in [6.07, 6.45) is 5.79. The van der Waals surface area contributed by atoms with Crippen molar-refractivity contribution in [3.05, 3.63) is 0 Å². The van der Waals surface area contributed by atoms with Crippen LogP contribution in [0.3, 0.4) is 0 Å². The van der Waals surface area contributed by atoms with Crippen LogP contribution in [0.25, 0.3) is 0 Å². The van der Waals surface area contributed by atoms with Crippen LogP contribution in [0.4, 0.5) is 0 Å². The van der Waals surface area contributed by atoms with E-state index in [-0.39, 0.29) is 0 Å². The Morgan fingerprint density at radius 3 is 1.50 bits per heavy atom. The van der Waals surface area contributed by atoms with Gasteiger partial charge in [0.05, 0.1) is 0 Å². The molecule has 0 radical (unpaired) electrons. The van der Waals surface area contributed by atoms with Crippen LogP contribution in [-0.2, 0) is 0 Å². The van der Waals surface area contributed by atoms with Gasteiger partial charge in [0.2, 0.25) is 0 Å². The van der Waals surface area contributed by atoms with E-state index in [4.69, 9.17) is 0 Å². The van der Waals surface area contributed by atoms with Crippen LogP contribution < -0.4 is 0 Å². The molecular formula is C16H26O2. The minimum absolute atomic E-state index is 0.489. The lowest BCUT2D eigenvalue weighted by Crippen LogP contribution is -2.10. The second-order valence-electron chi connectivity index (χ2n) is 4.46. The van der Waals surface area contributed by atoms with Gasteiger partial charge in [-0.15, -0.1) is 11.8 Å². The molecule has 0 spiro atoms. The van der Waals surface area contributed by atoms with Gasteiger partial charge in [-0.05, 0) is 25.7 Å². The molecule has 0 rings (SSSR count). The molecule has 2 atom stereocenters. The molecule has 0 heterocycles. The highest BCUT2D eigenvalue weighted by atomic mass is 16.3. The minimum atomic E-state index is -0.631. The summed E-state index contributed by atoms with van der Waals surface area (Å²) in [5.41, 5.74) is 0. The molecule has 0 bridgehead atoms. The van der Waals surface area contributed by atoms with Crippen LogP contribution in [-0.4, -0.2) is 22.4 Å². The van der Waals surface area contributed by atoms with Crippen LogP contribution in [0, 0.1) is 23.7 Å². The summed E-state index contributed by atoms with van der Waals surface area (Å²) in [5, 5.41) is 19.1. The Morgan fingerprint density at radius 2 is 1.17 bits per heavy atom. The predicted molar refractivity (Wildman–Crippen MR) is 75.8 cm³/mol. The van der Waals surface area contributed by atoms with Crippen LogP contribution in [0.1, 0.15) is 65.2 Å². The molecule has 2 nitrogen and oxygen atoms in total. The fourth-order valence-electron chi connectivity index (χ4n) is 1.37. The lowest BCUT2D eigenvalue weighted by atomic mass is 10.1. The molecule has 0 amide bonds. The molecule has 0 unspecified atom stereocenters. The molecule has 0 aromatic rings. The summed E-state index contributed by atoms with van der Waals surface area (Å²) in [4.78, 5) is 0. The summed E-state index contributed by atoms with van der Waals surface area (Å²) in [7, 11) is 0. The number of hydrogen-bond acceptors (Lipinski definition) is 2. The van der Waals surface area contributed by atoms with Crippen molar-refractivity contribution < 1.29 is 10.2 Å². The number of hydrogen-bond donors (Lipinski definition) is 2. The fraction of sp³-hybridized carbons (Fsp3) is 0.750. The van der Waals surface area contributed by atoms with Crippen LogP contribution in [0.15, 0.2) is 0 Å². The van der Waals surface area contributed by atoms with E-state index in [1.165, 1.54) is 0 Å². The summed E-state index contributed by atoms with van der Waals surface area (Å²) in [6, 6.07) is 0. The van der Waals surface area contributed by atoms with Crippen LogP contribution in [0.5, 0.6) is 0 Å². The van der Waals surface area contributed by atoms with E-state index < -0.39 is 12.2 Å². The maximum absolute atomic E-state index is 9.57. The summed E-state index contributed by atoms with van der Waals surface area (Å²) in [5.74, 6) is 11.5. The van der Waals surface area contributed by atoms with E-state index in [1.807, 2.05) is 0 Å². The molecule has 18 heavy (non-hydrogen) atoms. The number of rotatable bonds is 7. The van der Waals surface area contributed by atoms with Crippen molar-refractivity contribution in [3.63, 3.8) is 0 Å². The fourth-order valence-corrected chi connectivity index (χ4v) is 1.37. The standard InChI is InChI=1S/C16H26O2/c1-3-5-7-9-11-15(17)13-14-16(18)12-10-8-6-4-2/h15-18H,3-8,13-14H2,1-2H3/t15-,16-/m1/s1. The van der Waals surface area contributed by atoms with Crippen molar-refractivity contribution in [1.82, 2.24) is 0 Å². The van der Waals surface area contributed by atoms with Gasteiger partial charge in [0.25, 0.3) is 0 Å². The normalized spacial score (nSPS) is 12.9. The second-order valence-corrected chi connectivity index (χ2v) is 4.46. The Labute approximate surface area is 112 Å². The smallest absolute Gasteiger partial charge is 0.114 e. The SMILES string of the molecule is CCCCC#C[C@@H](O)CC[C@H](O)C#CCCCC. The van der Waals surface area contributed by atoms with E-state index in [2.05, 4.69) is 37.5 Å². The minimum Gasteiger partial charge on any atom is -0.380 e. The van der Waals surface area contributed by atoms with Crippen molar-refractivity contribution >= 4 is 0 Å². The van der Waals surface area contributed by atoms with Crippen molar-refractivity contribution in [2.45, 2.75) is 77.4 Å². The van der Waals surface area contributed by atoms with Crippen molar-refractivity contribution in [3.8, 4) is 23.7 Å². The second kappa shape index (κ2) is 12.5. The quantitative estimate of drug-likeness (QED) is 0.539. The Kier molecular flexibility index (Phi) is 11.8. The van der Waals surface area contributed by atoms with Gasteiger partial charge in [0.1, 0.15) is 12.2 Å². The molecule has 0 aromatic heterocycles. The third-order valence-corrected chi connectivity index (χ3v) is 2.56. The van der Waals surface area contributed by atoms with E-state index in [1.54, 1.807) is 0 Å². The number of unbranched alkanes of at least 4 members (excludes halogenated alkanes) is 4. The molecule has 0 fully saturated rings. The Hall–Kier alpha value is -0.960. The summed E-state index contributed by atoms with van der Waals surface area (Å²) < 4.78 is 0. The molecule has 0 aromatic carbocycles. The maximum Gasteiger partial charge on any atom is 0.114 e. The van der Waals surface area contributed by atoms with Crippen LogP contribution in [0.2, 0.25) is 0 Å². The maximum atomic E-state index is 9.57. The first-order valence-electron chi connectivity index (χ1n) is 7.03. The van der Waals surface area contributed by atoms with Gasteiger partial charge in [-0.3, -0.25) is 0 Å². The molecule has 0 saturated carbocycles. The Morgan fingerprint density at radius 1 is 0.778 bits per heavy atom. The first-order valence-corrected chi connectivity index (χ1v) is 7.03. The first kappa shape index (κ1) is 17.0. The average molecular weight is 250 g/mol. The van der Waals surface area contributed by atoms with Gasteiger partial charge in [-0.2, -0.15) is 0 Å². The van der Waals surface area contributed by atoms with Crippen molar-refractivity contribution in [2.75, 3.05) is 0 Å². The molecule has 0 aliphatic carbocycles. The summed E-state index contributed by atoms with van der Waals surface area (Å²) >= 11 is 0. The largest absolute Gasteiger partial charge is 0.380 e. The average Bonchev–Trinajstić information content (AvgIpc) is 2.37. The molecule has 0 aliphatic rings. The van der Waals surface area contributed by atoms with E-state index >= 15 is 0 Å². The zero-order valence-electron chi connectivity index (χ0n) is 11.7. The van der Waals surface area contributed by atoms with Crippen LogP contribution >= 0.6 is 0 Å². The zero-order valence-corrected chi connectivity index (χ0v) is 11.7. The van der Waals surface area contributed by atoms with E-state index in [0.29, 0.717) is 12.8 Å². The molecule has 102 valence electrons. The molecule has 2 heteroatoms. The van der Waals surface area contributed by atoms with Gasteiger partial charge < -0.3 is 10.2 Å². The lowest BCUT2D eigenvalue weighted by Gasteiger charge is -2.04. The third kappa shape index (κ3) is 11.5.